The molecule has 0 aliphatic heterocycles. The van der Waals surface area contributed by atoms with Crippen LogP contribution in [0.2, 0.25) is 13.3 Å². The minimum atomic E-state index is -2.41. The molecule has 2 N–H and O–H groups in total. The van der Waals surface area contributed by atoms with Crippen molar-refractivity contribution in [1.29, 1.82) is 0 Å². The summed E-state index contributed by atoms with van der Waals surface area (Å²) in [6.07, 6.45) is 7.53. The van der Waals surface area contributed by atoms with Gasteiger partial charge in [0.25, 0.3) is 0 Å². The van der Waals surface area contributed by atoms with E-state index in [0.717, 1.165) is 4.56 Å². The first-order valence-electron chi connectivity index (χ1n) is 10.4. The Labute approximate surface area is 161 Å². The van der Waals surface area contributed by atoms with Gasteiger partial charge in [-0.25, -0.2) is 0 Å². The van der Waals surface area contributed by atoms with Crippen LogP contribution in [0.1, 0.15) is 80.1 Å². The van der Waals surface area contributed by atoms with Crippen molar-refractivity contribution in [2.75, 3.05) is 17.7 Å². The fourth-order valence-electron chi connectivity index (χ4n) is 3.39. The number of hydrogen-bond acceptors (Lipinski definition) is 3. The first kappa shape index (κ1) is 25.0. The molecule has 0 saturated carbocycles. The van der Waals surface area contributed by atoms with Gasteiger partial charge >= 0.3 is 161 Å². The molecule has 0 aliphatic carbocycles. The Morgan fingerprint density at radius 3 is 1.72 bits per heavy atom. The van der Waals surface area contributed by atoms with Crippen LogP contribution in [-0.4, -0.2) is 52.6 Å². The third-order valence-electron chi connectivity index (χ3n) is 4.76. The third kappa shape index (κ3) is 11.4. The Kier molecular flexibility index (Phi) is 13.3. The van der Waals surface area contributed by atoms with E-state index in [1.807, 2.05) is 25.7 Å². The maximum atomic E-state index is 12.7. The second-order valence-corrected chi connectivity index (χ2v) is 22.2. The molecule has 0 unspecified atom stereocenters. The average Bonchev–Trinajstić information content (AvgIpc) is 2.54. The third-order valence-corrected chi connectivity index (χ3v) is 19.9. The summed E-state index contributed by atoms with van der Waals surface area (Å²) in [5.74, 6) is 0. The van der Waals surface area contributed by atoms with E-state index in [2.05, 4.69) is 20.8 Å². The quantitative estimate of drug-likeness (QED) is 0.364. The van der Waals surface area contributed by atoms with E-state index in [4.69, 9.17) is 10.5 Å². The van der Waals surface area contributed by atoms with Gasteiger partial charge in [-0.1, -0.05) is 0 Å². The number of carbonyl (C=O) groups excluding carboxylic acids is 1. The van der Waals surface area contributed by atoms with Gasteiger partial charge in [0.15, 0.2) is 0 Å². The Hall–Kier alpha value is 0.0287. The van der Waals surface area contributed by atoms with Crippen LogP contribution in [0, 0.1) is 0 Å². The van der Waals surface area contributed by atoms with Crippen molar-refractivity contribution in [2.45, 2.75) is 99.0 Å². The van der Waals surface area contributed by atoms with E-state index in [9.17, 15) is 4.79 Å². The summed E-state index contributed by atoms with van der Waals surface area (Å²) in [5, 5.41) is 0. The summed E-state index contributed by atoms with van der Waals surface area (Å²) in [4.78, 5) is 14.7. The molecule has 0 fully saturated rings. The van der Waals surface area contributed by atoms with Crippen LogP contribution in [0.25, 0.3) is 0 Å². The molecule has 25 heavy (non-hydrogen) atoms. The summed E-state index contributed by atoms with van der Waals surface area (Å²) < 4.78 is 10.9. The fourth-order valence-corrected chi connectivity index (χ4v) is 19.5. The van der Waals surface area contributed by atoms with Crippen molar-refractivity contribution in [3.05, 3.63) is 0 Å². The number of nitrogens with two attached hydrogens (primary N) is 1. The molecular formula is C20H44N2O2Sn. The van der Waals surface area contributed by atoms with Gasteiger partial charge in [-0.3, -0.25) is 0 Å². The molecule has 1 amide bonds. The Bertz CT molecular complexity index is 334. The summed E-state index contributed by atoms with van der Waals surface area (Å²) in [6, 6.07) is 0. The second kappa shape index (κ2) is 13.2. The van der Waals surface area contributed by atoms with Gasteiger partial charge in [-0.15, -0.1) is 0 Å². The topological polar surface area (TPSA) is 55.6 Å². The minimum absolute atomic E-state index is 0.163. The molecule has 150 valence electrons. The number of ether oxygens (including phenoxy) is 1. The van der Waals surface area contributed by atoms with E-state index in [0.29, 0.717) is 13.1 Å². The zero-order valence-electron chi connectivity index (χ0n) is 17.8. The van der Waals surface area contributed by atoms with E-state index in [-0.39, 0.29) is 6.09 Å². The summed E-state index contributed by atoms with van der Waals surface area (Å²) in [7, 11) is 0. The standard InChI is InChI=1S/C8H17N2O2.3C4H9.Sn/c1-8(2,3)12-7(11)10(4)6-5-9;3*1-3-4-2;/h4-6,9H2,1-3H3;3*1,3-4H2,2H3;. The molecule has 0 saturated heterocycles. The maximum absolute atomic E-state index is 12.7. The van der Waals surface area contributed by atoms with Crippen molar-refractivity contribution in [3.8, 4) is 0 Å². The summed E-state index contributed by atoms with van der Waals surface area (Å²) in [6.45, 7) is 13.8. The molecule has 0 aromatic heterocycles. The van der Waals surface area contributed by atoms with Crippen molar-refractivity contribution < 1.29 is 9.53 Å². The Morgan fingerprint density at radius 1 is 0.960 bits per heavy atom. The van der Waals surface area contributed by atoms with Crippen molar-refractivity contribution in [2.24, 2.45) is 5.73 Å². The molecule has 4 nitrogen and oxygen atoms in total. The predicted octanol–water partition coefficient (Wildman–Crippen LogP) is 5.57. The van der Waals surface area contributed by atoms with Crippen LogP contribution >= 0.6 is 0 Å². The van der Waals surface area contributed by atoms with Crippen LogP contribution in [0.4, 0.5) is 4.79 Å². The zero-order valence-corrected chi connectivity index (χ0v) is 20.7. The molecule has 5 heteroatoms. The molecule has 0 heterocycles. The first-order valence-corrected chi connectivity index (χ1v) is 18.5. The van der Waals surface area contributed by atoms with Gasteiger partial charge in [0.05, 0.1) is 0 Å². The molecule has 0 aliphatic rings. The monoisotopic (exact) mass is 464 g/mol. The van der Waals surface area contributed by atoms with Crippen LogP contribution in [-0.2, 0) is 4.74 Å². The summed E-state index contributed by atoms with van der Waals surface area (Å²) >= 11 is -2.41. The number of unbranched alkanes of at least 4 members (excludes halogenated alkanes) is 3. The van der Waals surface area contributed by atoms with Gasteiger partial charge in [-0.05, 0) is 0 Å². The van der Waals surface area contributed by atoms with E-state index in [1.165, 1.54) is 51.8 Å². The average molecular weight is 463 g/mol. The van der Waals surface area contributed by atoms with Gasteiger partial charge in [0, 0.05) is 0 Å². The number of nitrogens with zero attached hydrogens (tertiary/aromatic N) is 1. The first-order chi connectivity index (χ1) is 11.7. The van der Waals surface area contributed by atoms with Crippen LogP contribution in [0.5, 0.6) is 0 Å². The number of hydrogen-bond donors (Lipinski definition) is 1. The van der Waals surface area contributed by atoms with Gasteiger partial charge < -0.3 is 0 Å². The van der Waals surface area contributed by atoms with E-state index in [1.54, 1.807) is 0 Å². The SMILES string of the molecule is CCC[CH2][Sn]([CH2]CCC)([CH2]CCC)[CH2]N(CCN)C(=O)OC(C)(C)C. The van der Waals surface area contributed by atoms with Gasteiger partial charge in [0.1, 0.15) is 0 Å². The van der Waals surface area contributed by atoms with Crippen molar-refractivity contribution in [1.82, 2.24) is 4.90 Å². The Balaban J connectivity index is 5.33. The molecule has 0 rings (SSSR count). The van der Waals surface area contributed by atoms with Crippen LogP contribution in [0.15, 0.2) is 0 Å². The molecule has 0 bridgehead atoms. The second-order valence-electron chi connectivity index (χ2n) is 8.50. The van der Waals surface area contributed by atoms with Gasteiger partial charge in [0.2, 0.25) is 0 Å². The Morgan fingerprint density at radius 2 is 1.40 bits per heavy atom. The number of amides is 1. The molecule has 0 spiro atoms. The van der Waals surface area contributed by atoms with E-state index >= 15 is 0 Å². The zero-order chi connectivity index (χ0) is 19.3. The normalized spacial score (nSPS) is 12.3. The molecule has 0 atom stereocenters. The predicted molar refractivity (Wildman–Crippen MR) is 112 cm³/mol. The molecule has 0 aromatic carbocycles. The summed E-state index contributed by atoms with van der Waals surface area (Å²) in [5.41, 5.74) is 5.38. The van der Waals surface area contributed by atoms with E-state index < -0.39 is 24.0 Å². The fraction of sp³-hybridized carbons (Fsp3) is 0.950. The van der Waals surface area contributed by atoms with Crippen molar-refractivity contribution in [3.63, 3.8) is 0 Å². The van der Waals surface area contributed by atoms with Crippen molar-refractivity contribution >= 4 is 24.5 Å². The number of rotatable bonds is 13. The van der Waals surface area contributed by atoms with Gasteiger partial charge in [-0.2, -0.15) is 0 Å². The molecule has 0 radical (unpaired) electrons. The molecular weight excluding hydrogens is 419 g/mol. The molecule has 0 aromatic rings. The van der Waals surface area contributed by atoms with Crippen LogP contribution in [0.3, 0.4) is 0 Å². The number of carbonyl (C=O) groups is 1. The van der Waals surface area contributed by atoms with Crippen LogP contribution < -0.4 is 5.73 Å².